The number of hydrogen-bond acceptors (Lipinski definition) is 5. The van der Waals surface area contributed by atoms with Gasteiger partial charge in [-0.3, -0.25) is 9.59 Å². The van der Waals surface area contributed by atoms with Gasteiger partial charge in [0.15, 0.2) is 11.5 Å². The van der Waals surface area contributed by atoms with Crippen LogP contribution in [0.4, 0.5) is 5.69 Å². The summed E-state index contributed by atoms with van der Waals surface area (Å²) in [6.07, 6.45) is 0.546. The van der Waals surface area contributed by atoms with Crippen molar-refractivity contribution < 1.29 is 24.2 Å². The van der Waals surface area contributed by atoms with Crippen LogP contribution in [0, 0.1) is 0 Å². The van der Waals surface area contributed by atoms with Crippen LogP contribution >= 0.6 is 0 Å². The Labute approximate surface area is 158 Å². The summed E-state index contributed by atoms with van der Waals surface area (Å²) in [5, 5.41) is 14.3. The fraction of sp³-hybridized carbons (Fsp3) is 0.300. The molecule has 0 aliphatic heterocycles. The number of hydrogen-bond donors (Lipinski definition) is 3. The van der Waals surface area contributed by atoms with Crippen molar-refractivity contribution in [1.82, 2.24) is 5.32 Å². The molecular formula is C20H24N2O5. The Morgan fingerprint density at radius 3 is 2.26 bits per heavy atom. The number of carbonyl (C=O) groups excluding carboxylic acids is 2. The van der Waals surface area contributed by atoms with Gasteiger partial charge < -0.3 is 25.2 Å². The molecule has 0 bridgehead atoms. The van der Waals surface area contributed by atoms with Crippen LogP contribution in [-0.4, -0.2) is 36.7 Å². The summed E-state index contributed by atoms with van der Waals surface area (Å²) in [7, 11) is 0. The van der Waals surface area contributed by atoms with Gasteiger partial charge in [-0.05, 0) is 62.2 Å². The van der Waals surface area contributed by atoms with E-state index in [1.807, 2.05) is 32.0 Å². The quantitative estimate of drug-likeness (QED) is 0.489. The first-order valence-electron chi connectivity index (χ1n) is 8.80. The topological polar surface area (TPSA) is 96.9 Å². The molecule has 0 unspecified atom stereocenters. The molecule has 3 N–H and O–H groups in total. The molecule has 27 heavy (non-hydrogen) atoms. The van der Waals surface area contributed by atoms with Gasteiger partial charge in [0.2, 0.25) is 0 Å². The summed E-state index contributed by atoms with van der Waals surface area (Å²) >= 11 is 0. The highest BCUT2D eigenvalue weighted by Gasteiger charge is 2.13. The number of anilines is 1. The number of aromatic hydroxyl groups is 1. The van der Waals surface area contributed by atoms with Crippen molar-refractivity contribution in [3.8, 4) is 17.2 Å². The highest BCUT2D eigenvalue weighted by atomic mass is 16.5. The second kappa shape index (κ2) is 10.1. The summed E-state index contributed by atoms with van der Waals surface area (Å²) in [4.78, 5) is 23.8. The lowest BCUT2D eigenvalue weighted by Crippen LogP contribution is -2.36. The van der Waals surface area contributed by atoms with E-state index in [4.69, 9.17) is 9.47 Å². The summed E-state index contributed by atoms with van der Waals surface area (Å²) in [5.41, 5.74) is 1.39. The Balaban J connectivity index is 1.85. The number of ether oxygens (including phenoxy) is 2. The Kier molecular flexibility index (Phi) is 7.49. The third-order valence-corrected chi connectivity index (χ3v) is 3.64. The zero-order valence-corrected chi connectivity index (χ0v) is 15.5. The number of amides is 2. The zero-order chi connectivity index (χ0) is 19.6. The molecule has 7 nitrogen and oxygen atoms in total. The molecule has 7 heteroatoms. The average molecular weight is 372 g/mol. The van der Waals surface area contributed by atoms with Gasteiger partial charge in [-0.1, -0.05) is 6.07 Å². The number of phenols is 1. The van der Waals surface area contributed by atoms with Crippen LogP contribution in [-0.2, 0) is 16.0 Å². The zero-order valence-electron chi connectivity index (χ0n) is 15.5. The van der Waals surface area contributed by atoms with Crippen molar-refractivity contribution in [3.05, 3.63) is 48.0 Å². The van der Waals surface area contributed by atoms with Crippen molar-refractivity contribution in [2.75, 3.05) is 25.1 Å². The molecule has 0 fully saturated rings. The minimum absolute atomic E-state index is 0.0826. The highest BCUT2D eigenvalue weighted by molar-refractivity contribution is 6.39. The number of benzene rings is 2. The smallest absolute Gasteiger partial charge is 0.313 e. The predicted molar refractivity (Wildman–Crippen MR) is 102 cm³/mol. The van der Waals surface area contributed by atoms with E-state index in [1.54, 1.807) is 0 Å². The van der Waals surface area contributed by atoms with Crippen LogP contribution in [0.5, 0.6) is 17.2 Å². The Morgan fingerprint density at radius 2 is 1.59 bits per heavy atom. The molecule has 0 aliphatic rings. The number of nitrogens with one attached hydrogen (secondary N) is 2. The van der Waals surface area contributed by atoms with Gasteiger partial charge in [0.25, 0.3) is 0 Å². The van der Waals surface area contributed by atoms with E-state index in [0.717, 1.165) is 5.56 Å². The molecule has 0 saturated carbocycles. The SMILES string of the molecule is CCOc1ccc(CCNC(=O)C(=O)Nc2ccc(O)cc2)cc1OCC. The van der Waals surface area contributed by atoms with E-state index in [0.29, 0.717) is 43.4 Å². The third-order valence-electron chi connectivity index (χ3n) is 3.64. The molecular weight excluding hydrogens is 348 g/mol. The molecule has 0 aromatic heterocycles. The molecule has 0 radical (unpaired) electrons. The predicted octanol–water partition coefficient (Wildman–Crippen LogP) is 2.49. The number of phenolic OH excluding ortho intramolecular Hbond substituents is 1. The Hall–Kier alpha value is -3.22. The van der Waals surface area contributed by atoms with Gasteiger partial charge in [-0.2, -0.15) is 0 Å². The van der Waals surface area contributed by atoms with E-state index in [-0.39, 0.29) is 5.75 Å². The van der Waals surface area contributed by atoms with Gasteiger partial charge in [0.05, 0.1) is 13.2 Å². The number of rotatable bonds is 8. The minimum atomic E-state index is -0.762. The molecule has 0 atom stereocenters. The lowest BCUT2D eigenvalue weighted by Gasteiger charge is -2.12. The van der Waals surface area contributed by atoms with E-state index in [9.17, 15) is 14.7 Å². The van der Waals surface area contributed by atoms with Gasteiger partial charge in [0.1, 0.15) is 5.75 Å². The summed E-state index contributed by atoms with van der Waals surface area (Å²) in [6.45, 7) is 5.18. The summed E-state index contributed by atoms with van der Waals surface area (Å²) in [6, 6.07) is 11.5. The van der Waals surface area contributed by atoms with Crippen molar-refractivity contribution >= 4 is 17.5 Å². The first-order chi connectivity index (χ1) is 13.0. The highest BCUT2D eigenvalue weighted by Crippen LogP contribution is 2.28. The maximum Gasteiger partial charge on any atom is 0.313 e. The van der Waals surface area contributed by atoms with Crippen LogP contribution in [0.2, 0.25) is 0 Å². The van der Waals surface area contributed by atoms with Gasteiger partial charge in [-0.25, -0.2) is 0 Å². The van der Waals surface area contributed by atoms with Gasteiger partial charge >= 0.3 is 11.8 Å². The van der Waals surface area contributed by atoms with E-state index in [1.165, 1.54) is 24.3 Å². The summed E-state index contributed by atoms with van der Waals surface area (Å²) in [5.74, 6) is -0.0608. The lowest BCUT2D eigenvalue weighted by molar-refractivity contribution is -0.136. The van der Waals surface area contributed by atoms with Crippen LogP contribution in [0.25, 0.3) is 0 Å². The normalized spacial score (nSPS) is 10.1. The first-order valence-corrected chi connectivity index (χ1v) is 8.80. The fourth-order valence-electron chi connectivity index (χ4n) is 2.38. The second-order valence-electron chi connectivity index (χ2n) is 5.65. The van der Waals surface area contributed by atoms with Crippen LogP contribution in [0.15, 0.2) is 42.5 Å². The average Bonchev–Trinajstić information content (AvgIpc) is 2.66. The fourth-order valence-corrected chi connectivity index (χ4v) is 2.38. The van der Waals surface area contributed by atoms with E-state index in [2.05, 4.69) is 10.6 Å². The molecule has 2 aromatic rings. The van der Waals surface area contributed by atoms with E-state index >= 15 is 0 Å². The molecule has 2 amide bonds. The minimum Gasteiger partial charge on any atom is -0.508 e. The molecule has 0 aliphatic carbocycles. The largest absolute Gasteiger partial charge is 0.508 e. The van der Waals surface area contributed by atoms with Crippen molar-refractivity contribution in [2.45, 2.75) is 20.3 Å². The standard InChI is InChI=1S/C20H24N2O5/c1-3-26-17-10-5-14(13-18(17)27-4-2)11-12-21-19(24)20(25)22-15-6-8-16(23)9-7-15/h5-10,13,23H,3-4,11-12H2,1-2H3,(H,21,24)(H,22,25). The third kappa shape index (κ3) is 6.22. The van der Waals surface area contributed by atoms with Crippen LogP contribution in [0.3, 0.4) is 0 Å². The maximum atomic E-state index is 11.9. The van der Waals surface area contributed by atoms with Crippen molar-refractivity contribution in [1.29, 1.82) is 0 Å². The van der Waals surface area contributed by atoms with Crippen molar-refractivity contribution in [2.24, 2.45) is 0 Å². The van der Waals surface area contributed by atoms with Crippen LogP contribution in [0.1, 0.15) is 19.4 Å². The monoisotopic (exact) mass is 372 g/mol. The molecule has 0 saturated heterocycles. The van der Waals surface area contributed by atoms with E-state index < -0.39 is 11.8 Å². The van der Waals surface area contributed by atoms with Gasteiger partial charge in [-0.15, -0.1) is 0 Å². The van der Waals surface area contributed by atoms with Crippen LogP contribution < -0.4 is 20.1 Å². The molecule has 2 aromatic carbocycles. The molecule has 0 spiro atoms. The summed E-state index contributed by atoms with van der Waals surface area (Å²) < 4.78 is 11.1. The second-order valence-corrected chi connectivity index (χ2v) is 5.65. The number of carbonyl (C=O) groups is 2. The Morgan fingerprint density at radius 1 is 0.926 bits per heavy atom. The molecule has 144 valence electrons. The maximum absolute atomic E-state index is 11.9. The van der Waals surface area contributed by atoms with Gasteiger partial charge in [0, 0.05) is 12.2 Å². The molecule has 0 heterocycles. The van der Waals surface area contributed by atoms with Crippen molar-refractivity contribution in [3.63, 3.8) is 0 Å². The lowest BCUT2D eigenvalue weighted by atomic mass is 10.1. The first kappa shape index (κ1) is 20.1. The Bertz CT molecular complexity index is 774. The molecule has 2 rings (SSSR count).